The van der Waals surface area contributed by atoms with Crippen molar-refractivity contribution in [3.63, 3.8) is 0 Å². The molecule has 0 N–H and O–H groups in total. The average molecular weight is 444 g/mol. The van der Waals surface area contributed by atoms with E-state index in [0.717, 1.165) is 55.9 Å². The summed E-state index contributed by atoms with van der Waals surface area (Å²) >= 11 is 0. The van der Waals surface area contributed by atoms with Crippen molar-refractivity contribution in [1.29, 1.82) is 0 Å². The van der Waals surface area contributed by atoms with Crippen molar-refractivity contribution in [2.24, 2.45) is 5.92 Å². The van der Waals surface area contributed by atoms with Crippen molar-refractivity contribution < 1.29 is 30.5 Å². The van der Waals surface area contributed by atoms with Crippen molar-refractivity contribution in [2.45, 2.75) is 44.6 Å². The first-order valence-electron chi connectivity index (χ1n) is 10.7. The number of hydrogen-bond acceptors (Lipinski definition) is 7. The second-order valence-electron chi connectivity index (χ2n) is 7.81. The molecule has 2 heterocycles. The third-order valence-corrected chi connectivity index (χ3v) is 7.22. The lowest BCUT2D eigenvalue weighted by Gasteiger charge is -2.29. The van der Waals surface area contributed by atoms with Gasteiger partial charge < -0.3 is 14.0 Å². The zero-order valence-electron chi connectivity index (χ0n) is 18.2. The van der Waals surface area contributed by atoms with E-state index in [1.165, 1.54) is 6.42 Å². The summed E-state index contributed by atoms with van der Waals surface area (Å²) in [5.41, 5.74) is 0. The number of allylic oxidation sites excluding steroid dienone is 1. The van der Waals surface area contributed by atoms with Crippen LogP contribution in [0, 0.1) is 5.92 Å². The summed E-state index contributed by atoms with van der Waals surface area (Å²) in [6, 6.07) is 7.94. The monoisotopic (exact) mass is 443 g/mol. The summed E-state index contributed by atoms with van der Waals surface area (Å²) < 4.78 is 38.9. The van der Waals surface area contributed by atoms with E-state index in [2.05, 4.69) is 18.0 Å². The van der Waals surface area contributed by atoms with Gasteiger partial charge >= 0.3 is 7.82 Å². The molecule has 2 unspecified atom stereocenters. The Morgan fingerprint density at radius 1 is 1.03 bits per heavy atom. The quantitative estimate of drug-likeness (QED) is 0.568. The van der Waals surface area contributed by atoms with Crippen LogP contribution in [0.3, 0.4) is 0 Å². The Labute approximate surface area is 182 Å². The van der Waals surface area contributed by atoms with Crippen LogP contribution in [0.2, 0.25) is 0 Å². The molecule has 7 nitrogen and oxygen atoms in total. The Morgan fingerprint density at radius 2 is 1.67 bits per heavy atom. The highest BCUT2D eigenvalue weighted by atomic mass is 31.2. The number of likely N-dealkylation sites (N-methyl/N-ethyl adjacent to an activating group) is 1. The molecular weight excluding hydrogens is 405 g/mol. The molecule has 2 fully saturated rings. The van der Waals surface area contributed by atoms with Crippen molar-refractivity contribution in [3.05, 3.63) is 36.1 Å². The van der Waals surface area contributed by atoms with Crippen LogP contribution < -0.4 is 9.47 Å². The highest BCUT2D eigenvalue weighted by Gasteiger charge is 2.37. The van der Waals surface area contributed by atoms with Crippen LogP contribution in [0.1, 0.15) is 41.4 Å². The van der Waals surface area contributed by atoms with E-state index in [1.54, 1.807) is 14.2 Å². The van der Waals surface area contributed by atoms with Crippen LogP contribution in [0.4, 0.5) is 0 Å². The molecule has 2 saturated heterocycles. The molecule has 8 heteroatoms. The third-order valence-electron chi connectivity index (χ3n) is 5.77. The van der Waals surface area contributed by atoms with E-state index in [4.69, 9.17) is 23.0 Å². The molecule has 0 amide bonds. The molecule has 0 spiro atoms. The zero-order valence-corrected chi connectivity index (χ0v) is 19.1. The molecule has 1 aromatic rings. The van der Waals surface area contributed by atoms with Crippen LogP contribution in [-0.4, -0.2) is 52.0 Å². The molecule has 0 aromatic heterocycles. The van der Waals surface area contributed by atoms with E-state index < -0.39 is 7.82 Å². The standard InChI is InChI=1S/C14H24NO4P.C8H10O2.2H2/c1-15-8-7-12-5-6-13(11-14(12)15)19-20(16)17-9-3-2-4-10-18-20;1-9-7-5-3-4-6-8(7)10-2;;/h11-12,14H,2-10H2,1H3;3-6H,1-2H3;2*1H. The minimum absolute atomic E-state index is 0. The number of fused-ring (bicyclic) bond motifs is 1. The number of hydrogen-bond donors (Lipinski definition) is 0. The summed E-state index contributed by atoms with van der Waals surface area (Å²) in [5, 5.41) is 0. The summed E-state index contributed by atoms with van der Waals surface area (Å²) in [5.74, 6) is 3.03. The molecule has 172 valence electrons. The Hall–Kier alpha value is -1.53. The Morgan fingerprint density at radius 3 is 2.27 bits per heavy atom. The van der Waals surface area contributed by atoms with Gasteiger partial charge in [-0.3, -0.25) is 13.9 Å². The maximum absolute atomic E-state index is 12.5. The van der Waals surface area contributed by atoms with Gasteiger partial charge in [-0.15, -0.1) is 0 Å². The number of phosphoric ester groups is 1. The van der Waals surface area contributed by atoms with E-state index >= 15 is 0 Å². The van der Waals surface area contributed by atoms with Gasteiger partial charge in [0.15, 0.2) is 11.5 Å². The number of para-hydroxylation sites is 2. The van der Waals surface area contributed by atoms with Crippen molar-refractivity contribution in [2.75, 3.05) is 41.0 Å². The predicted octanol–water partition coefficient (Wildman–Crippen LogP) is 5.52. The second-order valence-corrected chi connectivity index (χ2v) is 9.41. The number of phosphoric acid groups is 1. The van der Waals surface area contributed by atoms with Gasteiger partial charge in [0.2, 0.25) is 0 Å². The fourth-order valence-electron chi connectivity index (χ4n) is 4.06. The highest BCUT2D eigenvalue weighted by Crippen LogP contribution is 2.53. The van der Waals surface area contributed by atoms with Gasteiger partial charge in [0.1, 0.15) is 5.76 Å². The maximum atomic E-state index is 12.5. The molecule has 0 radical (unpaired) electrons. The normalized spacial score (nSPS) is 26.2. The summed E-state index contributed by atoms with van der Waals surface area (Å²) in [6.45, 7) is 2.04. The van der Waals surface area contributed by atoms with Crippen molar-refractivity contribution in [1.82, 2.24) is 4.90 Å². The minimum atomic E-state index is -3.40. The molecular formula is C22H38NO6P. The fraction of sp³-hybridized carbons (Fsp3) is 0.636. The Balaban J connectivity index is 0.000000366. The zero-order chi connectivity index (χ0) is 21.4. The van der Waals surface area contributed by atoms with Gasteiger partial charge in [0.05, 0.1) is 27.4 Å². The second kappa shape index (κ2) is 11.2. The number of rotatable bonds is 4. The first kappa shape index (κ1) is 23.1. The summed E-state index contributed by atoms with van der Waals surface area (Å²) in [4.78, 5) is 2.34. The summed E-state index contributed by atoms with van der Waals surface area (Å²) in [6.07, 6.45) is 8.19. The first-order chi connectivity index (χ1) is 14.5. The van der Waals surface area contributed by atoms with Crippen LogP contribution in [0.15, 0.2) is 36.1 Å². The van der Waals surface area contributed by atoms with E-state index in [1.807, 2.05) is 24.3 Å². The predicted molar refractivity (Wildman–Crippen MR) is 120 cm³/mol. The van der Waals surface area contributed by atoms with E-state index in [0.29, 0.717) is 25.2 Å². The van der Waals surface area contributed by atoms with Gasteiger partial charge in [-0.2, -0.15) is 0 Å². The highest BCUT2D eigenvalue weighted by molar-refractivity contribution is 7.48. The summed E-state index contributed by atoms with van der Waals surface area (Å²) in [7, 11) is 1.98. The van der Waals surface area contributed by atoms with Gasteiger partial charge in [-0.05, 0) is 69.8 Å². The number of methoxy groups -OCH3 is 2. The molecule has 2 aliphatic heterocycles. The number of likely N-dealkylation sites (tertiary alicyclic amines) is 1. The van der Waals surface area contributed by atoms with E-state index in [-0.39, 0.29) is 2.85 Å². The van der Waals surface area contributed by atoms with Gasteiger partial charge in [-0.1, -0.05) is 12.1 Å². The average Bonchev–Trinajstić information content (AvgIpc) is 3.12. The van der Waals surface area contributed by atoms with Crippen LogP contribution >= 0.6 is 7.82 Å². The molecule has 0 saturated carbocycles. The lowest BCUT2D eigenvalue weighted by Crippen LogP contribution is -2.30. The molecule has 30 heavy (non-hydrogen) atoms. The van der Waals surface area contributed by atoms with Crippen molar-refractivity contribution in [3.8, 4) is 11.5 Å². The lowest BCUT2D eigenvalue weighted by molar-refractivity contribution is 0.113. The number of benzene rings is 1. The topological polar surface area (TPSA) is 66.5 Å². The minimum Gasteiger partial charge on any atom is -0.493 e. The molecule has 1 aromatic carbocycles. The number of ether oxygens (including phenoxy) is 2. The van der Waals surface area contributed by atoms with Crippen molar-refractivity contribution >= 4 is 7.82 Å². The van der Waals surface area contributed by atoms with E-state index in [9.17, 15) is 4.57 Å². The first-order valence-corrected chi connectivity index (χ1v) is 12.2. The molecule has 2 atom stereocenters. The fourth-order valence-corrected chi connectivity index (χ4v) is 5.38. The third kappa shape index (κ3) is 6.24. The van der Waals surface area contributed by atoms with Crippen LogP contribution in [0.5, 0.6) is 11.5 Å². The molecule has 3 aliphatic rings. The Kier molecular flexibility index (Phi) is 8.63. The van der Waals surface area contributed by atoms with Crippen LogP contribution in [0.25, 0.3) is 0 Å². The van der Waals surface area contributed by atoms with Gasteiger partial charge in [-0.25, -0.2) is 4.57 Å². The molecule has 4 rings (SSSR count). The van der Waals surface area contributed by atoms with Crippen LogP contribution in [-0.2, 0) is 18.1 Å². The number of nitrogens with zero attached hydrogens (tertiary/aromatic N) is 1. The lowest BCUT2D eigenvalue weighted by atomic mass is 9.89. The molecule has 1 aliphatic carbocycles. The van der Waals surface area contributed by atoms with Gasteiger partial charge in [0, 0.05) is 15.3 Å². The molecule has 0 bridgehead atoms. The smallest absolute Gasteiger partial charge is 0.493 e. The maximum Gasteiger partial charge on any atom is 0.529 e. The largest absolute Gasteiger partial charge is 0.529 e. The SMILES string of the molecule is CN1CCC2CCC(OP3(=O)OCCCCCO3)=CC21.COc1ccccc1OC.[HH].[HH]. The Bertz CT molecular complexity index is 731. The van der Waals surface area contributed by atoms with Gasteiger partial charge in [0.25, 0.3) is 0 Å².